The number of ether oxygens (including phenoxy) is 2. The van der Waals surface area contributed by atoms with E-state index in [4.69, 9.17) is 4.74 Å². The molecule has 14 heavy (non-hydrogen) atoms. The zero-order valence-corrected chi connectivity index (χ0v) is 9.42. The highest BCUT2D eigenvalue weighted by Crippen LogP contribution is 2.12. The van der Waals surface area contributed by atoms with Crippen molar-refractivity contribution in [1.82, 2.24) is 0 Å². The SMILES string of the molecule is COC(=O)[C@H](C)CC(=O)OC(C)(C)C. The Balaban J connectivity index is 4.01. The molecule has 0 heterocycles. The average Bonchev–Trinajstić information content (AvgIpc) is 1.99. The maximum Gasteiger partial charge on any atom is 0.308 e. The van der Waals surface area contributed by atoms with E-state index in [0.29, 0.717) is 0 Å². The molecule has 0 aliphatic carbocycles. The van der Waals surface area contributed by atoms with E-state index in [1.807, 2.05) is 0 Å². The quantitative estimate of drug-likeness (QED) is 0.651. The molecule has 0 saturated heterocycles. The number of rotatable bonds is 3. The van der Waals surface area contributed by atoms with Crippen molar-refractivity contribution in [1.29, 1.82) is 0 Å². The van der Waals surface area contributed by atoms with Crippen molar-refractivity contribution in [2.45, 2.75) is 39.7 Å². The maximum absolute atomic E-state index is 11.3. The van der Waals surface area contributed by atoms with Crippen molar-refractivity contribution in [3.63, 3.8) is 0 Å². The van der Waals surface area contributed by atoms with E-state index in [2.05, 4.69) is 4.74 Å². The largest absolute Gasteiger partial charge is 0.469 e. The van der Waals surface area contributed by atoms with Crippen LogP contribution in [0.4, 0.5) is 0 Å². The first-order chi connectivity index (χ1) is 6.26. The van der Waals surface area contributed by atoms with Crippen LogP contribution in [0.25, 0.3) is 0 Å². The first-order valence-corrected chi connectivity index (χ1v) is 4.56. The molecule has 4 nitrogen and oxygen atoms in total. The molecule has 0 amide bonds. The van der Waals surface area contributed by atoms with Gasteiger partial charge >= 0.3 is 11.9 Å². The summed E-state index contributed by atoms with van der Waals surface area (Å²) in [5, 5.41) is 0. The fourth-order valence-electron chi connectivity index (χ4n) is 0.918. The fraction of sp³-hybridized carbons (Fsp3) is 0.800. The Morgan fingerprint density at radius 1 is 1.29 bits per heavy atom. The van der Waals surface area contributed by atoms with Gasteiger partial charge < -0.3 is 9.47 Å². The number of carbonyl (C=O) groups is 2. The highest BCUT2D eigenvalue weighted by atomic mass is 16.6. The van der Waals surface area contributed by atoms with Crippen LogP contribution >= 0.6 is 0 Å². The van der Waals surface area contributed by atoms with Gasteiger partial charge in [-0.1, -0.05) is 6.92 Å². The molecule has 0 radical (unpaired) electrons. The summed E-state index contributed by atoms with van der Waals surface area (Å²) in [5.74, 6) is -1.22. The smallest absolute Gasteiger partial charge is 0.308 e. The van der Waals surface area contributed by atoms with E-state index >= 15 is 0 Å². The zero-order valence-electron chi connectivity index (χ0n) is 9.42. The minimum Gasteiger partial charge on any atom is -0.469 e. The van der Waals surface area contributed by atoms with Crippen molar-refractivity contribution in [3.05, 3.63) is 0 Å². The van der Waals surface area contributed by atoms with Crippen LogP contribution in [0, 0.1) is 5.92 Å². The van der Waals surface area contributed by atoms with Gasteiger partial charge in [0, 0.05) is 0 Å². The Labute approximate surface area is 84.6 Å². The summed E-state index contributed by atoms with van der Waals surface area (Å²) in [6.45, 7) is 6.99. The Kier molecular flexibility index (Phi) is 4.60. The summed E-state index contributed by atoms with van der Waals surface area (Å²) in [6.07, 6.45) is 0.0595. The number of carbonyl (C=O) groups excluding carboxylic acids is 2. The van der Waals surface area contributed by atoms with Gasteiger partial charge in [0.25, 0.3) is 0 Å². The van der Waals surface area contributed by atoms with E-state index in [1.165, 1.54) is 7.11 Å². The second-order valence-corrected chi connectivity index (χ2v) is 4.21. The molecule has 1 atom stereocenters. The van der Waals surface area contributed by atoms with Gasteiger partial charge in [-0.25, -0.2) is 0 Å². The normalized spacial score (nSPS) is 13.2. The highest BCUT2D eigenvalue weighted by Gasteiger charge is 2.22. The van der Waals surface area contributed by atoms with Crippen LogP contribution in [0.15, 0.2) is 0 Å². The minimum absolute atomic E-state index is 0.0595. The predicted molar refractivity (Wildman–Crippen MR) is 51.6 cm³/mol. The van der Waals surface area contributed by atoms with Crippen LogP contribution in [0.1, 0.15) is 34.1 Å². The van der Waals surface area contributed by atoms with Crippen molar-refractivity contribution >= 4 is 11.9 Å². The molecule has 0 aliphatic rings. The van der Waals surface area contributed by atoms with Gasteiger partial charge in [-0.2, -0.15) is 0 Å². The first kappa shape index (κ1) is 12.9. The molecule has 0 saturated carbocycles. The lowest BCUT2D eigenvalue weighted by atomic mass is 10.1. The third kappa shape index (κ3) is 5.56. The van der Waals surface area contributed by atoms with Crippen molar-refractivity contribution in [2.75, 3.05) is 7.11 Å². The van der Waals surface area contributed by atoms with E-state index < -0.39 is 17.5 Å². The van der Waals surface area contributed by atoms with E-state index in [-0.39, 0.29) is 12.4 Å². The molecule has 0 aromatic carbocycles. The van der Waals surface area contributed by atoms with Crippen LogP contribution in [-0.2, 0) is 19.1 Å². The maximum atomic E-state index is 11.3. The minimum atomic E-state index is -0.507. The van der Waals surface area contributed by atoms with Gasteiger partial charge in [-0.3, -0.25) is 9.59 Å². The fourth-order valence-corrected chi connectivity index (χ4v) is 0.918. The zero-order chi connectivity index (χ0) is 11.4. The van der Waals surface area contributed by atoms with Gasteiger partial charge in [0.05, 0.1) is 19.4 Å². The van der Waals surface area contributed by atoms with Crippen LogP contribution in [0.5, 0.6) is 0 Å². The van der Waals surface area contributed by atoms with Gasteiger partial charge in [0.1, 0.15) is 5.60 Å². The molecule has 0 aromatic rings. The van der Waals surface area contributed by atoms with Crippen LogP contribution < -0.4 is 0 Å². The van der Waals surface area contributed by atoms with Gasteiger partial charge in [-0.15, -0.1) is 0 Å². The Bertz CT molecular complexity index is 215. The summed E-state index contributed by atoms with van der Waals surface area (Å²) < 4.78 is 9.55. The number of hydrogen-bond acceptors (Lipinski definition) is 4. The molecular formula is C10H18O4. The molecule has 0 fully saturated rings. The lowest BCUT2D eigenvalue weighted by Gasteiger charge is -2.20. The lowest BCUT2D eigenvalue weighted by molar-refractivity contribution is -0.160. The van der Waals surface area contributed by atoms with Gasteiger partial charge in [0.15, 0.2) is 0 Å². The standard InChI is InChI=1S/C10H18O4/c1-7(9(12)13-5)6-8(11)14-10(2,3)4/h7H,6H2,1-5H3/t7-/m1/s1. The van der Waals surface area contributed by atoms with Crippen LogP contribution in [0.3, 0.4) is 0 Å². The number of hydrogen-bond donors (Lipinski definition) is 0. The topological polar surface area (TPSA) is 52.6 Å². The van der Waals surface area contributed by atoms with Gasteiger partial charge in [-0.05, 0) is 20.8 Å². The van der Waals surface area contributed by atoms with Crippen molar-refractivity contribution in [2.24, 2.45) is 5.92 Å². The highest BCUT2D eigenvalue weighted by molar-refractivity contribution is 5.79. The lowest BCUT2D eigenvalue weighted by Crippen LogP contribution is -2.26. The Morgan fingerprint density at radius 2 is 1.79 bits per heavy atom. The summed E-state index contributed by atoms with van der Waals surface area (Å²) in [4.78, 5) is 22.2. The summed E-state index contributed by atoms with van der Waals surface area (Å²) in [5.41, 5.74) is -0.507. The number of esters is 2. The van der Waals surface area contributed by atoms with E-state index in [9.17, 15) is 9.59 Å². The molecular weight excluding hydrogens is 184 g/mol. The van der Waals surface area contributed by atoms with Crippen molar-refractivity contribution < 1.29 is 19.1 Å². The summed E-state index contributed by atoms with van der Waals surface area (Å²) >= 11 is 0. The van der Waals surface area contributed by atoms with E-state index in [1.54, 1.807) is 27.7 Å². The predicted octanol–water partition coefficient (Wildman–Crippen LogP) is 1.53. The van der Waals surface area contributed by atoms with Crippen LogP contribution in [0.2, 0.25) is 0 Å². The third-order valence-electron chi connectivity index (χ3n) is 1.50. The Morgan fingerprint density at radius 3 is 2.14 bits per heavy atom. The van der Waals surface area contributed by atoms with Crippen molar-refractivity contribution in [3.8, 4) is 0 Å². The third-order valence-corrected chi connectivity index (χ3v) is 1.50. The monoisotopic (exact) mass is 202 g/mol. The molecule has 4 heteroatoms. The molecule has 0 unspecified atom stereocenters. The molecule has 82 valence electrons. The first-order valence-electron chi connectivity index (χ1n) is 4.56. The summed E-state index contributed by atoms with van der Waals surface area (Å²) in [6, 6.07) is 0. The molecule has 0 bridgehead atoms. The molecule has 0 N–H and O–H groups in total. The number of methoxy groups -OCH3 is 1. The molecule has 0 aromatic heterocycles. The molecule has 0 rings (SSSR count). The Hall–Kier alpha value is -1.06. The van der Waals surface area contributed by atoms with Gasteiger partial charge in [0.2, 0.25) is 0 Å². The second kappa shape index (κ2) is 4.98. The van der Waals surface area contributed by atoms with E-state index in [0.717, 1.165) is 0 Å². The molecule has 0 spiro atoms. The molecule has 0 aliphatic heterocycles. The average molecular weight is 202 g/mol. The van der Waals surface area contributed by atoms with Crippen LogP contribution in [-0.4, -0.2) is 24.6 Å². The summed E-state index contributed by atoms with van der Waals surface area (Å²) in [7, 11) is 1.30. The second-order valence-electron chi connectivity index (χ2n) is 4.21.